The lowest BCUT2D eigenvalue weighted by molar-refractivity contribution is 0.210. The lowest BCUT2D eigenvalue weighted by atomic mass is 10.0. The summed E-state index contributed by atoms with van der Waals surface area (Å²) in [6.45, 7) is 3.50. The van der Waals surface area contributed by atoms with Crippen LogP contribution in [0.3, 0.4) is 0 Å². The zero-order valence-corrected chi connectivity index (χ0v) is 11.0. The molecule has 2 aromatic rings. The van der Waals surface area contributed by atoms with Crippen molar-refractivity contribution < 1.29 is 4.52 Å². The summed E-state index contributed by atoms with van der Waals surface area (Å²) in [4.78, 5) is 2.40. The van der Waals surface area contributed by atoms with Gasteiger partial charge in [-0.25, -0.2) is 0 Å². The molecule has 19 heavy (non-hydrogen) atoms. The first-order valence-corrected chi connectivity index (χ1v) is 6.79. The number of rotatable bonds is 4. The van der Waals surface area contributed by atoms with E-state index >= 15 is 0 Å². The van der Waals surface area contributed by atoms with Gasteiger partial charge >= 0.3 is 0 Å². The molecule has 0 atom stereocenters. The minimum Gasteiger partial charge on any atom is -0.359 e. The maximum Gasteiger partial charge on any atom is 0.154 e. The molecule has 0 unspecified atom stereocenters. The third-order valence-corrected chi connectivity index (χ3v) is 3.63. The number of aromatic nitrogens is 1. The number of hydrogen-bond acceptors (Lipinski definition) is 4. The van der Waals surface area contributed by atoms with Crippen LogP contribution in [0.5, 0.6) is 0 Å². The number of nitrogens with two attached hydrogens (primary N) is 1. The molecule has 0 saturated carbocycles. The van der Waals surface area contributed by atoms with Gasteiger partial charge in [0.2, 0.25) is 0 Å². The predicted octanol–water partition coefficient (Wildman–Crippen LogP) is 1.73. The summed E-state index contributed by atoms with van der Waals surface area (Å²) in [7, 11) is 0. The summed E-state index contributed by atoms with van der Waals surface area (Å²) < 4.78 is 5.46. The summed E-state index contributed by atoms with van der Waals surface area (Å²) in [6.07, 6.45) is 1.83. The van der Waals surface area contributed by atoms with Crippen molar-refractivity contribution in [2.24, 2.45) is 5.73 Å². The van der Waals surface area contributed by atoms with Crippen molar-refractivity contribution in [2.75, 3.05) is 13.1 Å². The van der Waals surface area contributed by atoms with Crippen molar-refractivity contribution in [1.82, 2.24) is 10.1 Å². The van der Waals surface area contributed by atoms with Crippen molar-refractivity contribution in [3.05, 3.63) is 52.9 Å². The van der Waals surface area contributed by atoms with Gasteiger partial charge in [-0.1, -0.05) is 35.5 Å². The van der Waals surface area contributed by atoms with Gasteiger partial charge in [0.05, 0.1) is 12.2 Å². The molecule has 0 bridgehead atoms. The monoisotopic (exact) mass is 257 g/mol. The third-order valence-electron chi connectivity index (χ3n) is 3.63. The van der Waals surface area contributed by atoms with E-state index in [1.54, 1.807) is 0 Å². The molecule has 0 amide bonds. The van der Waals surface area contributed by atoms with Crippen LogP contribution >= 0.6 is 0 Å². The molecule has 1 aromatic heterocycles. The first-order valence-electron chi connectivity index (χ1n) is 6.79. The lowest BCUT2D eigenvalue weighted by Gasteiger charge is -2.25. The SMILES string of the molecule is NCCc1noc2c1CCN(Cc1ccccc1)C2. The minimum absolute atomic E-state index is 0.632. The summed E-state index contributed by atoms with van der Waals surface area (Å²) in [6, 6.07) is 10.5. The quantitative estimate of drug-likeness (QED) is 0.906. The van der Waals surface area contributed by atoms with E-state index in [9.17, 15) is 0 Å². The molecule has 0 saturated heterocycles. The Hall–Kier alpha value is -1.65. The van der Waals surface area contributed by atoms with E-state index in [1.165, 1.54) is 11.1 Å². The lowest BCUT2D eigenvalue weighted by Crippen LogP contribution is -2.29. The number of fused-ring (bicyclic) bond motifs is 1. The Morgan fingerprint density at radius 1 is 1.26 bits per heavy atom. The molecule has 4 heteroatoms. The average Bonchev–Trinajstić information content (AvgIpc) is 2.83. The Labute approximate surface area is 113 Å². The molecule has 2 N–H and O–H groups in total. The molecule has 0 spiro atoms. The molecule has 100 valence electrons. The van der Waals surface area contributed by atoms with Crippen LogP contribution in [-0.2, 0) is 25.9 Å². The van der Waals surface area contributed by atoms with E-state index in [1.807, 2.05) is 6.07 Å². The molecule has 4 nitrogen and oxygen atoms in total. The molecule has 0 fully saturated rings. The van der Waals surface area contributed by atoms with Gasteiger partial charge in [0, 0.05) is 25.1 Å². The summed E-state index contributed by atoms with van der Waals surface area (Å²) in [5.41, 5.74) is 9.27. The van der Waals surface area contributed by atoms with E-state index in [2.05, 4.69) is 34.3 Å². The second-order valence-corrected chi connectivity index (χ2v) is 5.02. The van der Waals surface area contributed by atoms with Gasteiger partial charge in [-0.3, -0.25) is 4.90 Å². The smallest absolute Gasteiger partial charge is 0.154 e. The maximum atomic E-state index is 5.59. The third kappa shape index (κ3) is 2.69. The van der Waals surface area contributed by atoms with Crippen molar-refractivity contribution in [3.63, 3.8) is 0 Å². The molecule has 1 aliphatic rings. The Balaban J connectivity index is 1.69. The molecule has 1 aromatic carbocycles. The summed E-state index contributed by atoms with van der Waals surface area (Å²) in [5, 5.41) is 4.15. The van der Waals surface area contributed by atoms with Crippen molar-refractivity contribution in [3.8, 4) is 0 Å². The van der Waals surface area contributed by atoms with Gasteiger partial charge in [-0.15, -0.1) is 0 Å². The predicted molar refractivity (Wildman–Crippen MR) is 73.5 cm³/mol. The Morgan fingerprint density at radius 2 is 2.11 bits per heavy atom. The Bertz CT molecular complexity index is 536. The highest BCUT2D eigenvalue weighted by atomic mass is 16.5. The topological polar surface area (TPSA) is 55.3 Å². The largest absolute Gasteiger partial charge is 0.359 e. The Morgan fingerprint density at radius 3 is 2.89 bits per heavy atom. The molecule has 2 heterocycles. The van der Waals surface area contributed by atoms with Crippen LogP contribution in [0.4, 0.5) is 0 Å². The first kappa shape index (κ1) is 12.4. The molecule has 3 rings (SSSR count). The highest BCUT2D eigenvalue weighted by Gasteiger charge is 2.23. The molecule has 0 aliphatic carbocycles. The van der Waals surface area contributed by atoms with Crippen LogP contribution in [0.1, 0.15) is 22.6 Å². The van der Waals surface area contributed by atoms with Crippen LogP contribution in [-0.4, -0.2) is 23.1 Å². The van der Waals surface area contributed by atoms with Crippen LogP contribution in [0, 0.1) is 0 Å². The van der Waals surface area contributed by atoms with Gasteiger partial charge < -0.3 is 10.3 Å². The molecule has 0 radical (unpaired) electrons. The normalized spacial score (nSPS) is 15.4. The van der Waals surface area contributed by atoms with Crippen LogP contribution < -0.4 is 5.73 Å². The Kier molecular flexibility index (Phi) is 3.62. The highest BCUT2D eigenvalue weighted by molar-refractivity contribution is 5.26. The van der Waals surface area contributed by atoms with Crippen molar-refractivity contribution >= 4 is 0 Å². The van der Waals surface area contributed by atoms with Crippen LogP contribution in [0.2, 0.25) is 0 Å². The maximum absolute atomic E-state index is 5.59. The summed E-state index contributed by atoms with van der Waals surface area (Å²) in [5.74, 6) is 1.02. The van der Waals surface area contributed by atoms with Crippen molar-refractivity contribution in [1.29, 1.82) is 0 Å². The number of nitrogens with zero attached hydrogens (tertiary/aromatic N) is 2. The minimum atomic E-state index is 0.632. The van der Waals surface area contributed by atoms with Gasteiger partial charge in [-0.05, 0) is 18.5 Å². The van der Waals surface area contributed by atoms with Crippen LogP contribution in [0.25, 0.3) is 0 Å². The summed E-state index contributed by atoms with van der Waals surface area (Å²) >= 11 is 0. The van der Waals surface area contributed by atoms with E-state index in [0.717, 1.165) is 43.9 Å². The van der Waals surface area contributed by atoms with Crippen molar-refractivity contribution in [2.45, 2.75) is 25.9 Å². The zero-order chi connectivity index (χ0) is 13.1. The fourth-order valence-electron chi connectivity index (χ4n) is 2.65. The van der Waals surface area contributed by atoms with Gasteiger partial charge in [-0.2, -0.15) is 0 Å². The standard InChI is InChI=1S/C15H19N3O/c16-8-6-14-13-7-9-18(11-15(13)19-17-14)10-12-4-2-1-3-5-12/h1-5H,6-11,16H2. The fraction of sp³-hybridized carbons (Fsp3) is 0.400. The van der Waals surface area contributed by atoms with E-state index in [4.69, 9.17) is 10.3 Å². The molecular formula is C15H19N3O. The van der Waals surface area contributed by atoms with E-state index in [-0.39, 0.29) is 0 Å². The van der Waals surface area contributed by atoms with Gasteiger partial charge in [0.25, 0.3) is 0 Å². The fourth-order valence-corrected chi connectivity index (χ4v) is 2.65. The highest BCUT2D eigenvalue weighted by Crippen LogP contribution is 2.23. The zero-order valence-electron chi connectivity index (χ0n) is 11.0. The van der Waals surface area contributed by atoms with Gasteiger partial charge in [0.1, 0.15) is 0 Å². The number of hydrogen-bond donors (Lipinski definition) is 1. The van der Waals surface area contributed by atoms with Gasteiger partial charge in [0.15, 0.2) is 5.76 Å². The van der Waals surface area contributed by atoms with E-state index in [0.29, 0.717) is 6.54 Å². The number of benzene rings is 1. The first-order chi connectivity index (χ1) is 9.36. The van der Waals surface area contributed by atoms with Crippen LogP contribution in [0.15, 0.2) is 34.9 Å². The second-order valence-electron chi connectivity index (χ2n) is 5.02. The second kappa shape index (κ2) is 5.55. The molecular weight excluding hydrogens is 238 g/mol. The molecule has 1 aliphatic heterocycles. The van der Waals surface area contributed by atoms with E-state index < -0.39 is 0 Å². The average molecular weight is 257 g/mol.